The summed E-state index contributed by atoms with van der Waals surface area (Å²) in [6.07, 6.45) is 5.05. The molecule has 0 saturated heterocycles. The van der Waals surface area contributed by atoms with Crippen molar-refractivity contribution in [3.05, 3.63) is 17.0 Å². The molecule has 1 fully saturated rings. The summed E-state index contributed by atoms with van der Waals surface area (Å²) in [4.78, 5) is 19.9. The summed E-state index contributed by atoms with van der Waals surface area (Å²) in [7, 11) is 0. The van der Waals surface area contributed by atoms with E-state index in [1.165, 1.54) is 0 Å². The number of anilines is 1. The number of halogens is 1. The van der Waals surface area contributed by atoms with Crippen LogP contribution in [0.15, 0.2) is 6.07 Å². The van der Waals surface area contributed by atoms with Gasteiger partial charge in [0, 0.05) is 12.1 Å². The van der Waals surface area contributed by atoms with E-state index < -0.39 is 0 Å². The number of nitrogens with two attached hydrogens (primary N) is 1. The lowest BCUT2D eigenvalue weighted by Gasteiger charge is -2.24. The van der Waals surface area contributed by atoms with Crippen LogP contribution in [-0.2, 0) is 4.79 Å². The molecular weight excluding hydrogens is 264 g/mol. The average molecular weight is 283 g/mol. The lowest BCUT2D eigenvalue weighted by atomic mass is 9.94. The van der Waals surface area contributed by atoms with E-state index in [0.717, 1.165) is 32.1 Å². The van der Waals surface area contributed by atoms with E-state index in [-0.39, 0.29) is 17.9 Å². The van der Waals surface area contributed by atoms with Gasteiger partial charge in [0.1, 0.15) is 16.8 Å². The third kappa shape index (κ3) is 3.80. The fraction of sp³-hybridized carbons (Fsp3) is 0.615. The summed E-state index contributed by atoms with van der Waals surface area (Å²) in [5.41, 5.74) is 5.50. The molecular formula is C13H19ClN4O. The second kappa shape index (κ2) is 6.19. The second-order valence-electron chi connectivity index (χ2n) is 5.02. The van der Waals surface area contributed by atoms with Gasteiger partial charge in [-0.3, -0.25) is 4.79 Å². The molecule has 1 saturated carbocycles. The van der Waals surface area contributed by atoms with E-state index in [9.17, 15) is 4.79 Å². The Hall–Kier alpha value is -1.36. The second-order valence-corrected chi connectivity index (χ2v) is 5.41. The molecule has 2 atom stereocenters. The predicted molar refractivity (Wildman–Crippen MR) is 75.0 cm³/mol. The summed E-state index contributed by atoms with van der Waals surface area (Å²) >= 11 is 5.92. The molecule has 0 spiro atoms. The van der Waals surface area contributed by atoms with Crippen molar-refractivity contribution < 1.29 is 4.79 Å². The molecule has 2 unspecified atom stereocenters. The van der Waals surface area contributed by atoms with Gasteiger partial charge in [-0.1, -0.05) is 30.9 Å². The minimum absolute atomic E-state index is 0.0327. The number of hydrogen-bond donors (Lipinski definition) is 2. The van der Waals surface area contributed by atoms with Crippen LogP contribution in [0.3, 0.4) is 0 Å². The number of carbonyl (C=O) groups excluding carboxylic acids is 1. The summed E-state index contributed by atoms with van der Waals surface area (Å²) in [5, 5.41) is 3.70. The number of primary amides is 1. The zero-order chi connectivity index (χ0) is 13.8. The fourth-order valence-corrected chi connectivity index (χ4v) is 2.84. The normalized spacial score (nSPS) is 23.7. The molecule has 19 heavy (non-hydrogen) atoms. The zero-order valence-corrected chi connectivity index (χ0v) is 11.8. The first-order valence-electron chi connectivity index (χ1n) is 6.63. The first-order valence-corrected chi connectivity index (χ1v) is 7.01. The number of aromatic nitrogens is 2. The molecule has 1 heterocycles. The van der Waals surface area contributed by atoms with Crippen molar-refractivity contribution in [3.8, 4) is 0 Å². The molecule has 1 aliphatic carbocycles. The van der Waals surface area contributed by atoms with Crippen molar-refractivity contribution in [3.63, 3.8) is 0 Å². The lowest BCUT2D eigenvalue weighted by Crippen LogP contribution is -2.37. The Morgan fingerprint density at radius 1 is 1.37 bits per heavy atom. The van der Waals surface area contributed by atoms with E-state index in [1.807, 2.05) is 0 Å². The van der Waals surface area contributed by atoms with Gasteiger partial charge in [-0.2, -0.15) is 0 Å². The third-order valence-electron chi connectivity index (χ3n) is 3.52. The molecule has 6 heteroatoms. The Kier molecular flexibility index (Phi) is 4.58. The maximum atomic E-state index is 11.6. The minimum atomic E-state index is -0.240. The number of aryl methyl sites for hydroxylation is 1. The Balaban J connectivity index is 2.15. The number of hydrogen-bond acceptors (Lipinski definition) is 4. The van der Waals surface area contributed by atoms with Gasteiger partial charge in [-0.15, -0.1) is 0 Å². The van der Waals surface area contributed by atoms with Gasteiger partial charge in [0.2, 0.25) is 5.91 Å². The Morgan fingerprint density at radius 3 is 2.79 bits per heavy atom. The third-order valence-corrected chi connectivity index (χ3v) is 3.72. The maximum Gasteiger partial charge on any atom is 0.222 e. The maximum absolute atomic E-state index is 11.6. The van der Waals surface area contributed by atoms with Crippen molar-refractivity contribution >= 4 is 23.3 Å². The summed E-state index contributed by atoms with van der Waals surface area (Å²) in [5.74, 6) is 0.891. The number of carbonyl (C=O) groups is 1. The smallest absolute Gasteiger partial charge is 0.222 e. The van der Waals surface area contributed by atoms with Crippen LogP contribution in [0.1, 0.15) is 37.9 Å². The highest BCUT2D eigenvalue weighted by Gasteiger charge is 2.28. The summed E-state index contributed by atoms with van der Waals surface area (Å²) in [6.45, 7) is 1.79. The van der Waals surface area contributed by atoms with Crippen LogP contribution in [-0.4, -0.2) is 21.9 Å². The van der Waals surface area contributed by atoms with E-state index in [0.29, 0.717) is 16.8 Å². The molecule has 1 aromatic heterocycles. The number of nitrogens with zero attached hydrogens (tertiary/aromatic N) is 2. The van der Waals surface area contributed by atoms with Crippen LogP contribution in [0.25, 0.3) is 0 Å². The first-order chi connectivity index (χ1) is 9.06. The zero-order valence-electron chi connectivity index (χ0n) is 11.0. The number of nitrogens with one attached hydrogen (secondary N) is 1. The number of amides is 1. The fourth-order valence-electron chi connectivity index (χ4n) is 2.62. The molecule has 2 rings (SSSR count). The average Bonchev–Trinajstić information content (AvgIpc) is 2.53. The van der Waals surface area contributed by atoms with Gasteiger partial charge >= 0.3 is 0 Å². The van der Waals surface area contributed by atoms with Gasteiger partial charge in [-0.25, -0.2) is 9.97 Å². The van der Waals surface area contributed by atoms with Gasteiger partial charge in [-0.05, 0) is 19.8 Å². The SMILES string of the molecule is Cc1nc(Cl)cc(NC2CCCCCC2C(N)=O)n1. The molecule has 1 aliphatic rings. The van der Waals surface area contributed by atoms with E-state index in [2.05, 4.69) is 15.3 Å². The molecule has 5 nitrogen and oxygen atoms in total. The van der Waals surface area contributed by atoms with Gasteiger partial charge in [0.05, 0.1) is 5.92 Å². The van der Waals surface area contributed by atoms with Crippen LogP contribution < -0.4 is 11.1 Å². The Bertz CT molecular complexity index is 446. The van der Waals surface area contributed by atoms with Gasteiger partial charge in [0.25, 0.3) is 0 Å². The van der Waals surface area contributed by atoms with Crippen molar-refractivity contribution in [2.75, 3.05) is 5.32 Å². The monoisotopic (exact) mass is 282 g/mol. The van der Waals surface area contributed by atoms with Crippen LogP contribution >= 0.6 is 11.6 Å². The molecule has 0 bridgehead atoms. The van der Waals surface area contributed by atoms with Crippen LogP contribution in [0.4, 0.5) is 5.82 Å². The highest BCUT2D eigenvalue weighted by Crippen LogP contribution is 2.26. The Labute approximate surface area is 118 Å². The molecule has 0 aromatic carbocycles. The summed E-state index contributed by atoms with van der Waals surface area (Å²) in [6, 6.07) is 1.71. The van der Waals surface area contributed by atoms with E-state index in [4.69, 9.17) is 17.3 Å². The standard InChI is InChI=1S/C13H19ClN4O/c1-8-16-11(14)7-12(17-8)18-10-6-4-2-3-5-9(10)13(15)19/h7,9-10H,2-6H2,1H3,(H2,15,19)(H,16,17,18). The van der Waals surface area contributed by atoms with Crippen molar-refractivity contribution in [1.82, 2.24) is 9.97 Å². The first kappa shape index (κ1) is 14.1. The van der Waals surface area contributed by atoms with Gasteiger partial charge in [0.15, 0.2) is 0 Å². The molecule has 3 N–H and O–H groups in total. The Morgan fingerprint density at radius 2 is 2.11 bits per heavy atom. The molecule has 1 aromatic rings. The van der Waals surface area contributed by atoms with Crippen molar-refractivity contribution in [2.45, 2.75) is 45.1 Å². The van der Waals surface area contributed by atoms with Crippen LogP contribution in [0.2, 0.25) is 5.15 Å². The highest BCUT2D eigenvalue weighted by molar-refractivity contribution is 6.29. The van der Waals surface area contributed by atoms with E-state index >= 15 is 0 Å². The predicted octanol–water partition coefficient (Wildman–Crippen LogP) is 2.28. The molecule has 0 aliphatic heterocycles. The number of rotatable bonds is 3. The van der Waals surface area contributed by atoms with E-state index in [1.54, 1.807) is 13.0 Å². The summed E-state index contributed by atoms with van der Waals surface area (Å²) < 4.78 is 0. The largest absolute Gasteiger partial charge is 0.369 e. The minimum Gasteiger partial charge on any atom is -0.369 e. The molecule has 104 valence electrons. The quantitative estimate of drug-likeness (QED) is 0.658. The van der Waals surface area contributed by atoms with Crippen LogP contribution in [0.5, 0.6) is 0 Å². The van der Waals surface area contributed by atoms with Crippen molar-refractivity contribution in [2.24, 2.45) is 11.7 Å². The van der Waals surface area contributed by atoms with Gasteiger partial charge < -0.3 is 11.1 Å². The highest BCUT2D eigenvalue weighted by atomic mass is 35.5. The molecule has 1 amide bonds. The molecule has 0 radical (unpaired) electrons. The lowest BCUT2D eigenvalue weighted by molar-refractivity contribution is -0.122. The van der Waals surface area contributed by atoms with Crippen LogP contribution in [0, 0.1) is 12.8 Å². The topological polar surface area (TPSA) is 80.9 Å². The van der Waals surface area contributed by atoms with Crippen molar-refractivity contribution in [1.29, 1.82) is 0 Å².